The van der Waals surface area contributed by atoms with Crippen molar-refractivity contribution in [2.75, 3.05) is 11.5 Å². The predicted octanol–water partition coefficient (Wildman–Crippen LogP) is -1.79. The molecule has 15 nitrogen and oxygen atoms in total. The van der Waals surface area contributed by atoms with Gasteiger partial charge in [-0.3, -0.25) is 4.99 Å². The number of carboxylic acids is 3. The van der Waals surface area contributed by atoms with Crippen LogP contribution in [0.5, 0.6) is 11.5 Å². The van der Waals surface area contributed by atoms with Crippen LogP contribution in [0.3, 0.4) is 0 Å². The third-order valence-electron chi connectivity index (χ3n) is 6.56. The maximum atomic E-state index is 12.0. The highest BCUT2D eigenvalue weighted by Crippen LogP contribution is 2.42. The Morgan fingerprint density at radius 3 is 2.38 bits per heavy atom. The Morgan fingerprint density at radius 2 is 1.77 bits per heavy atom. The van der Waals surface area contributed by atoms with Crippen molar-refractivity contribution in [3.63, 3.8) is 0 Å². The molecule has 0 radical (unpaired) electrons. The molecule has 0 spiro atoms. The summed E-state index contributed by atoms with van der Waals surface area (Å²) in [6, 6.07) is 0.0330. The van der Waals surface area contributed by atoms with Gasteiger partial charge < -0.3 is 55.2 Å². The van der Waals surface area contributed by atoms with Gasteiger partial charge >= 0.3 is 17.9 Å². The van der Waals surface area contributed by atoms with Crippen molar-refractivity contribution in [1.29, 1.82) is 0 Å². The zero-order valence-electron chi connectivity index (χ0n) is 20.1. The van der Waals surface area contributed by atoms with E-state index in [-0.39, 0.29) is 29.9 Å². The molecule has 1 saturated heterocycles. The van der Waals surface area contributed by atoms with E-state index in [1.165, 1.54) is 35.4 Å². The number of rotatable bonds is 8. The van der Waals surface area contributed by atoms with Crippen LogP contribution in [0.25, 0.3) is 0 Å². The first-order chi connectivity index (χ1) is 18.4. The van der Waals surface area contributed by atoms with Crippen molar-refractivity contribution < 1.29 is 64.7 Å². The molecule has 0 saturated carbocycles. The summed E-state index contributed by atoms with van der Waals surface area (Å²) in [7, 11) is 0. The first-order valence-electron chi connectivity index (χ1n) is 11.7. The molecule has 1 aromatic carbocycles. The van der Waals surface area contributed by atoms with E-state index < -0.39 is 78.8 Å². The molecule has 39 heavy (non-hydrogen) atoms. The molecule has 15 heteroatoms. The molecule has 7 atom stereocenters. The standard InChI is InChI=1S/C24H26N2O13/c27-8-17-18(29)19(30)20(31)24(39-17)38-16-6-10-5-14(23(36)37)26(13(10)7-15(16)28)2-1-9-3-11(21(32)33)25-12(4-9)22(34)35/h1-3,6-7,12,14,17-20,24,27-31H,4-5,8H2,(H,32,33)(H,34,35)(H,36,37)/b2-1+/t12-,14+,17-,18-,19+,20-,24-/m1/s1. The van der Waals surface area contributed by atoms with Crippen LogP contribution in [-0.2, 0) is 25.5 Å². The molecular weight excluding hydrogens is 524 g/mol. The molecule has 0 aliphatic carbocycles. The molecule has 210 valence electrons. The summed E-state index contributed by atoms with van der Waals surface area (Å²) < 4.78 is 10.8. The lowest BCUT2D eigenvalue weighted by Gasteiger charge is -2.39. The van der Waals surface area contributed by atoms with Crippen LogP contribution in [0, 0.1) is 0 Å². The zero-order chi connectivity index (χ0) is 28.6. The van der Waals surface area contributed by atoms with E-state index >= 15 is 0 Å². The fourth-order valence-corrected chi connectivity index (χ4v) is 4.51. The summed E-state index contributed by atoms with van der Waals surface area (Å²) in [5, 5.41) is 78.4. The Balaban J connectivity index is 1.61. The van der Waals surface area contributed by atoms with Crippen LogP contribution >= 0.6 is 0 Å². The zero-order valence-corrected chi connectivity index (χ0v) is 20.1. The van der Waals surface area contributed by atoms with Gasteiger partial charge in [-0.15, -0.1) is 0 Å². The third-order valence-corrected chi connectivity index (χ3v) is 6.56. The van der Waals surface area contributed by atoms with Crippen molar-refractivity contribution in [1.82, 2.24) is 0 Å². The number of aliphatic hydroxyl groups excluding tert-OH is 4. The number of aromatic hydroxyl groups is 1. The monoisotopic (exact) mass is 550 g/mol. The highest BCUT2D eigenvalue weighted by atomic mass is 16.7. The van der Waals surface area contributed by atoms with Gasteiger partial charge in [0.15, 0.2) is 17.5 Å². The SMILES string of the molecule is O=C(O)C1=N[C@@H](C(=O)O)CC(/C=C/N2c3cc(O)c(O[C@@H]4O[C@H](CO)[C@@H](O)[C@H](O)[C@H]4O)cc3C[C@H]2C(=O)O)=C1. The van der Waals surface area contributed by atoms with Crippen LogP contribution in [0.2, 0.25) is 0 Å². The molecule has 0 aromatic heterocycles. The van der Waals surface area contributed by atoms with E-state index in [1.54, 1.807) is 0 Å². The average Bonchev–Trinajstić information content (AvgIpc) is 3.24. The van der Waals surface area contributed by atoms with E-state index in [4.69, 9.17) is 9.47 Å². The number of anilines is 1. The number of aliphatic imine (C=N–C) groups is 1. The summed E-state index contributed by atoms with van der Waals surface area (Å²) in [6.07, 6.45) is -4.19. The average molecular weight is 550 g/mol. The van der Waals surface area contributed by atoms with Crippen molar-refractivity contribution in [2.45, 2.75) is 55.6 Å². The molecule has 1 fully saturated rings. The smallest absolute Gasteiger partial charge is 0.354 e. The molecule has 3 aliphatic heterocycles. The van der Waals surface area contributed by atoms with E-state index in [2.05, 4.69) is 4.99 Å². The second kappa shape index (κ2) is 11.0. The number of ether oxygens (including phenoxy) is 2. The summed E-state index contributed by atoms with van der Waals surface area (Å²) >= 11 is 0. The number of allylic oxidation sites excluding steroid dienone is 1. The van der Waals surface area contributed by atoms with Crippen LogP contribution in [-0.4, -0.2) is 114 Å². The van der Waals surface area contributed by atoms with Crippen LogP contribution in [0.1, 0.15) is 12.0 Å². The molecule has 0 bridgehead atoms. The van der Waals surface area contributed by atoms with Gasteiger partial charge in [-0.2, -0.15) is 0 Å². The highest BCUT2D eigenvalue weighted by molar-refractivity contribution is 6.41. The van der Waals surface area contributed by atoms with Crippen LogP contribution in [0.15, 0.2) is 41.1 Å². The second-order valence-electron chi connectivity index (χ2n) is 9.14. The lowest BCUT2D eigenvalue weighted by molar-refractivity contribution is -0.277. The Hall–Kier alpha value is -4.02. The molecular formula is C24H26N2O13. The molecule has 1 aromatic rings. The number of aliphatic carboxylic acids is 3. The minimum atomic E-state index is -1.74. The lowest BCUT2D eigenvalue weighted by Crippen LogP contribution is -2.60. The number of nitrogens with zero attached hydrogens (tertiary/aromatic N) is 2. The fourth-order valence-electron chi connectivity index (χ4n) is 4.51. The van der Waals surface area contributed by atoms with E-state index in [9.17, 15) is 55.2 Å². The number of phenols is 1. The number of phenolic OH excluding ortho intramolecular Hbond substituents is 1. The van der Waals surface area contributed by atoms with Gasteiger partial charge in [0.05, 0.1) is 6.61 Å². The van der Waals surface area contributed by atoms with Crippen LogP contribution < -0.4 is 9.64 Å². The summed E-state index contributed by atoms with van der Waals surface area (Å²) in [5.41, 5.74) is 0.477. The van der Waals surface area contributed by atoms with Crippen LogP contribution in [0.4, 0.5) is 5.69 Å². The number of dihydropyridines is 1. The Bertz CT molecular complexity index is 1260. The van der Waals surface area contributed by atoms with Gasteiger partial charge in [0.1, 0.15) is 36.2 Å². The third kappa shape index (κ3) is 5.57. The maximum absolute atomic E-state index is 12.0. The lowest BCUT2D eigenvalue weighted by atomic mass is 9.99. The second-order valence-corrected chi connectivity index (χ2v) is 9.14. The quantitative estimate of drug-likeness (QED) is 0.178. The highest BCUT2D eigenvalue weighted by Gasteiger charge is 2.45. The molecule has 3 heterocycles. The van der Waals surface area contributed by atoms with Crippen molar-refractivity contribution in [3.8, 4) is 11.5 Å². The first-order valence-corrected chi connectivity index (χ1v) is 11.7. The largest absolute Gasteiger partial charge is 0.504 e. The number of carboxylic acid groups (broad SMARTS) is 3. The van der Waals surface area contributed by atoms with Crippen molar-refractivity contribution in [3.05, 3.63) is 41.6 Å². The van der Waals surface area contributed by atoms with Gasteiger partial charge in [-0.1, -0.05) is 0 Å². The predicted molar refractivity (Wildman–Crippen MR) is 128 cm³/mol. The number of fused-ring (bicyclic) bond motifs is 1. The van der Waals surface area contributed by atoms with E-state index in [0.29, 0.717) is 5.56 Å². The molecule has 3 aliphatic rings. The van der Waals surface area contributed by atoms with Gasteiger partial charge in [0, 0.05) is 30.8 Å². The van der Waals surface area contributed by atoms with E-state index in [1.807, 2.05) is 0 Å². The number of carbonyl (C=O) groups is 3. The van der Waals surface area contributed by atoms with Crippen molar-refractivity contribution in [2.24, 2.45) is 4.99 Å². The van der Waals surface area contributed by atoms with E-state index in [0.717, 1.165) is 0 Å². The van der Waals surface area contributed by atoms with Gasteiger partial charge in [0.25, 0.3) is 0 Å². The number of benzene rings is 1. The topological polar surface area (TPSA) is 247 Å². The van der Waals surface area contributed by atoms with Gasteiger partial charge in [-0.25, -0.2) is 14.4 Å². The van der Waals surface area contributed by atoms with Crippen molar-refractivity contribution >= 4 is 29.3 Å². The normalized spacial score (nSPS) is 30.5. The molecule has 0 amide bonds. The first kappa shape index (κ1) is 28.0. The fraction of sp³-hybridized carbons (Fsp3) is 0.417. The number of aliphatic hydroxyl groups is 4. The van der Waals surface area contributed by atoms with Gasteiger partial charge in [-0.05, 0) is 29.4 Å². The summed E-state index contributed by atoms with van der Waals surface area (Å²) in [6.45, 7) is -0.688. The Morgan fingerprint density at radius 1 is 1.05 bits per heavy atom. The number of hydrogen-bond acceptors (Lipinski definition) is 12. The molecule has 8 N–H and O–H groups in total. The van der Waals surface area contributed by atoms with Gasteiger partial charge in [0.2, 0.25) is 6.29 Å². The summed E-state index contributed by atoms with van der Waals surface area (Å²) in [5.74, 6) is -4.67. The summed E-state index contributed by atoms with van der Waals surface area (Å²) in [4.78, 5) is 39.7. The Kier molecular flexibility index (Phi) is 7.89. The molecule has 4 rings (SSSR count). The maximum Gasteiger partial charge on any atom is 0.354 e. The minimum absolute atomic E-state index is 0.0566. The number of hydrogen-bond donors (Lipinski definition) is 8. The minimum Gasteiger partial charge on any atom is -0.504 e. The Labute approximate surface area is 219 Å². The molecule has 0 unspecified atom stereocenters.